The van der Waals surface area contributed by atoms with Gasteiger partial charge in [-0.1, -0.05) is 0 Å². The molecule has 0 aliphatic carbocycles. The van der Waals surface area contributed by atoms with E-state index in [9.17, 15) is 13.2 Å². The molecule has 0 aliphatic rings. The van der Waals surface area contributed by atoms with Crippen molar-refractivity contribution in [3.8, 4) is 0 Å². The number of rotatable bonds is 3. The number of hydrogen-bond donors (Lipinski definition) is 2. The van der Waals surface area contributed by atoms with Crippen LogP contribution in [0, 0.1) is 6.92 Å². The molecule has 17 heavy (non-hydrogen) atoms. The lowest BCUT2D eigenvalue weighted by Gasteiger charge is -2.11. The van der Waals surface area contributed by atoms with Gasteiger partial charge in [0.1, 0.15) is 22.5 Å². The summed E-state index contributed by atoms with van der Waals surface area (Å²) in [7, 11) is -3.32. The standard InChI is InChI=1S/C9H14N4O3S/c1-4-6(8(11)14)7(10)13-9(12-4)5(2)17(3,15)16/h5H,1-3H3,(H2,11,14)(H2,10,12,13). The summed E-state index contributed by atoms with van der Waals surface area (Å²) in [5.41, 5.74) is 11.0. The fourth-order valence-electron chi connectivity index (χ4n) is 1.30. The van der Waals surface area contributed by atoms with Crippen molar-refractivity contribution in [2.45, 2.75) is 19.1 Å². The van der Waals surface area contributed by atoms with E-state index >= 15 is 0 Å². The number of aryl methyl sites for hydroxylation is 1. The molecule has 0 spiro atoms. The van der Waals surface area contributed by atoms with Crippen LogP contribution < -0.4 is 11.5 Å². The third kappa shape index (κ3) is 2.70. The molecule has 0 aromatic carbocycles. The van der Waals surface area contributed by atoms with Crippen molar-refractivity contribution in [2.24, 2.45) is 5.73 Å². The predicted octanol–water partition coefficient (Wildman–Crippen LogP) is -0.428. The van der Waals surface area contributed by atoms with Gasteiger partial charge < -0.3 is 11.5 Å². The Morgan fingerprint density at radius 1 is 1.35 bits per heavy atom. The molecule has 1 atom stereocenters. The van der Waals surface area contributed by atoms with E-state index in [1.807, 2.05) is 0 Å². The number of nitrogens with two attached hydrogens (primary N) is 2. The zero-order valence-corrected chi connectivity index (χ0v) is 10.6. The topological polar surface area (TPSA) is 129 Å². The SMILES string of the molecule is Cc1nc(C(C)S(C)(=O)=O)nc(N)c1C(N)=O. The fourth-order valence-corrected chi connectivity index (χ4v) is 1.78. The van der Waals surface area contributed by atoms with Crippen molar-refractivity contribution < 1.29 is 13.2 Å². The van der Waals surface area contributed by atoms with E-state index in [0.717, 1.165) is 6.26 Å². The van der Waals surface area contributed by atoms with Gasteiger partial charge in [0.2, 0.25) is 0 Å². The molecular formula is C9H14N4O3S. The van der Waals surface area contributed by atoms with Crippen molar-refractivity contribution in [1.29, 1.82) is 0 Å². The predicted molar refractivity (Wildman–Crippen MR) is 63.0 cm³/mol. The number of nitrogens with zero attached hydrogens (tertiary/aromatic N) is 2. The minimum absolute atomic E-state index is 0.0226. The van der Waals surface area contributed by atoms with Gasteiger partial charge in [-0.25, -0.2) is 18.4 Å². The van der Waals surface area contributed by atoms with Crippen LogP contribution in [-0.2, 0) is 9.84 Å². The van der Waals surface area contributed by atoms with Gasteiger partial charge in [0.05, 0.1) is 5.69 Å². The van der Waals surface area contributed by atoms with Gasteiger partial charge in [-0.3, -0.25) is 4.79 Å². The van der Waals surface area contributed by atoms with Crippen LogP contribution in [0.4, 0.5) is 5.82 Å². The van der Waals surface area contributed by atoms with E-state index in [4.69, 9.17) is 11.5 Å². The van der Waals surface area contributed by atoms with E-state index in [2.05, 4.69) is 9.97 Å². The average molecular weight is 258 g/mol. The van der Waals surface area contributed by atoms with E-state index in [-0.39, 0.29) is 22.9 Å². The highest BCUT2D eigenvalue weighted by Crippen LogP contribution is 2.21. The molecule has 0 aliphatic heterocycles. The van der Waals surface area contributed by atoms with E-state index in [1.165, 1.54) is 13.8 Å². The van der Waals surface area contributed by atoms with Crippen LogP contribution in [0.3, 0.4) is 0 Å². The number of primary amides is 1. The van der Waals surface area contributed by atoms with Gasteiger partial charge in [0, 0.05) is 6.26 Å². The molecule has 4 N–H and O–H groups in total. The van der Waals surface area contributed by atoms with E-state index in [1.54, 1.807) is 0 Å². The molecule has 0 saturated heterocycles. The molecule has 0 bridgehead atoms. The summed E-state index contributed by atoms with van der Waals surface area (Å²) >= 11 is 0. The van der Waals surface area contributed by atoms with Crippen LogP contribution in [-0.4, -0.2) is 30.5 Å². The molecule has 8 heteroatoms. The zero-order chi connectivity index (χ0) is 13.4. The van der Waals surface area contributed by atoms with Gasteiger partial charge in [0.15, 0.2) is 9.84 Å². The zero-order valence-electron chi connectivity index (χ0n) is 9.76. The van der Waals surface area contributed by atoms with E-state index in [0.29, 0.717) is 0 Å². The molecule has 1 heterocycles. The molecule has 0 radical (unpaired) electrons. The number of hydrogen-bond acceptors (Lipinski definition) is 6. The number of nitrogen functional groups attached to an aromatic ring is 1. The quantitative estimate of drug-likeness (QED) is 0.756. The maximum absolute atomic E-state index is 11.4. The second-order valence-electron chi connectivity index (χ2n) is 3.76. The molecule has 94 valence electrons. The molecule has 1 unspecified atom stereocenters. The molecule has 1 amide bonds. The smallest absolute Gasteiger partial charge is 0.254 e. The second-order valence-corrected chi connectivity index (χ2v) is 6.13. The Bertz CT molecular complexity index is 545. The van der Waals surface area contributed by atoms with Gasteiger partial charge in [0.25, 0.3) is 5.91 Å². The van der Waals surface area contributed by atoms with Gasteiger partial charge in [-0.05, 0) is 13.8 Å². The van der Waals surface area contributed by atoms with E-state index < -0.39 is 21.0 Å². The van der Waals surface area contributed by atoms with Crippen molar-refractivity contribution in [3.63, 3.8) is 0 Å². The lowest BCUT2D eigenvalue weighted by atomic mass is 10.2. The summed E-state index contributed by atoms with van der Waals surface area (Å²) < 4.78 is 22.7. The highest BCUT2D eigenvalue weighted by Gasteiger charge is 2.23. The molecular weight excluding hydrogens is 244 g/mol. The van der Waals surface area contributed by atoms with Gasteiger partial charge in [-0.15, -0.1) is 0 Å². The number of anilines is 1. The molecule has 1 rings (SSSR count). The third-order valence-corrected chi connectivity index (χ3v) is 3.88. The summed E-state index contributed by atoms with van der Waals surface area (Å²) in [5, 5.41) is -0.884. The van der Waals surface area contributed by atoms with Crippen molar-refractivity contribution >= 4 is 21.6 Å². The summed E-state index contributed by atoms with van der Waals surface area (Å²) in [6.07, 6.45) is 1.08. The van der Waals surface area contributed by atoms with Crippen LogP contribution in [0.25, 0.3) is 0 Å². The number of carbonyl (C=O) groups is 1. The van der Waals surface area contributed by atoms with Crippen molar-refractivity contribution in [2.75, 3.05) is 12.0 Å². The average Bonchev–Trinajstić information content (AvgIpc) is 2.13. The van der Waals surface area contributed by atoms with Crippen LogP contribution in [0.5, 0.6) is 0 Å². The molecule has 7 nitrogen and oxygen atoms in total. The van der Waals surface area contributed by atoms with Crippen molar-refractivity contribution in [3.05, 3.63) is 17.1 Å². The molecule has 1 aromatic heterocycles. The Balaban J connectivity index is 3.38. The Hall–Kier alpha value is -1.70. The van der Waals surface area contributed by atoms with Crippen LogP contribution in [0.1, 0.15) is 34.0 Å². The lowest BCUT2D eigenvalue weighted by molar-refractivity contribution is 0.1000. The Morgan fingerprint density at radius 2 is 1.88 bits per heavy atom. The maximum atomic E-state index is 11.4. The normalized spacial score (nSPS) is 13.4. The highest BCUT2D eigenvalue weighted by atomic mass is 32.2. The Labute approximate surface area is 99.2 Å². The monoisotopic (exact) mass is 258 g/mol. The molecule has 0 saturated carbocycles. The summed E-state index contributed by atoms with van der Waals surface area (Å²) in [6, 6.07) is 0. The summed E-state index contributed by atoms with van der Waals surface area (Å²) in [4.78, 5) is 18.8. The van der Waals surface area contributed by atoms with Gasteiger partial charge >= 0.3 is 0 Å². The first-order chi connectivity index (χ1) is 7.64. The minimum Gasteiger partial charge on any atom is -0.383 e. The first-order valence-electron chi connectivity index (χ1n) is 4.77. The van der Waals surface area contributed by atoms with Crippen LogP contribution in [0.2, 0.25) is 0 Å². The fraction of sp³-hybridized carbons (Fsp3) is 0.444. The Morgan fingerprint density at radius 3 is 2.24 bits per heavy atom. The maximum Gasteiger partial charge on any atom is 0.254 e. The Kier molecular flexibility index (Phi) is 3.37. The summed E-state index contributed by atoms with van der Waals surface area (Å²) in [6.45, 7) is 2.98. The molecule has 0 fully saturated rings. The second kappa shape index (κ2) is 4.28. The van der Waals surface area contributed by atoms with Crippen molar-refractivity contribution in [1.82, 2.24) is 9.97 Å². The number of amides is 1. The minimum atomic E-state index is -3.32. The first kappa shape index (κ1) is 13.4. The first-order valence-corrected chi connectivity index (χ1v) is 6.72. The lowest BCUT2D eigenvalue weighted by Crippen LogP contribution is -2.20. The number of sulfone groups is 1. The largest absolute Gasteiger partial charge is 0.383 e. The van der Waals surface area contributed by atoms with Gasteiger partial charge in [-0.2, -0.15) is 0 Å². The number of carbonyl (C=O) groups excluding carboxylic acids is 1. The van der Waals surface area contributed by atoms with Crippen LogP contribution >= 0.6 is 0 Å². The third-order valence-electron chi connectivity index (χ3n) is 2.39. The summed E-state index contributed by atoms with van der Waals surface area (Å²) in [5.74, 6) is -0.776. The molecule has 1 aromatic rings. The number of aromatic nitrogens is 2. The van der Waals surface area contributed by atoms with Crippen LogP contribution in [0.15, 0.2) is 0 Å². The highest BCUT2D eigenvalue weighted by molar-refractivity contribution is 7.90.